The molecule has 61 valence electrons. The predicted molar refractivity (Wildman–Crippen MR) is 43.3 cm³/mol. The summed E-state index contributed by atoms with van der Waals surface area (Å²) < 4.78 is 0. The van der Waals surface area contributed by atoms with E-state index in [1.165, 1.54) is 19.1 Å². The molecule has 0 aliphatic heterocycles. The van der Waals surface area contributed by atoms with Crippen LogP contribution in [-0.4, -0.2) is 5.78 Å². The van der Waals surface area contributed by atoms with E-state index in [0.717, 1.165) is 0 Å². The number of hydrogen-bond acceptors (Lipinski definition) is 1. The molecule has 0 rings (SSSR count). The Morgan fingerprint density at radius 1 is 1.55 bits per heavy atom. The number of allylic oxidation sites excluding steroid dienone is 3. The number of ketones is 1. The van der Waals surface area contributed by atoms with Crippen molar-refractivity contribution in [2.45, 2.75) is 27.2 Å². The van der Waals surface area contributed by atoms with Crippen molar-refractivity contribution < 1.29 is 37.5 Å². The monoisotopic (exact) mass is 227 g/mol. The summed E-state index contributed by atoms with van der Waals surface area (Å²) in [5.41, 5.74) is 0. The molecule has 0 aliphatic rings. The number of carbonyl (C=O) groups excluding carboxylic acids is 1. The first-order valence-electron chi connectivity index (χ1n) is 3.37. The molecule has 0 amide bonds. The van der Waals surface area contributed by atoms with E-state index in [-0.39, 0.29) is 38.5 Å². The molecule has 0 N–H and O–H groups in total. The fraction of sp³-hybridized carbons (Fsp3) is 0.444. The number of hydrogen-bond donors (Lipinski definition) is 0. The molecule has 0 atom stereocenters. The summed E-state index contributed by atoms with van der Waals surface area (Å²) >= 11 is 0. The smallest absolute Gasteiger partial charge is 0.114 e. The molecular weight excluding hydrogens is 213 g/mol. The van der Waals surface area contributed by atoms with Gasteiger partial charge in [0.1, 0.15) is 5.78 Å². The maximum absolute atomic E-state index is 10.2. The summed E-state index contributed by atoms with van der Waals surface area (Å²) in [4.78, 5) is 10.2. The Morgan fingerprint density at radius 2 is 2.00 bits per heavy atom. The van der Waals surface area contributed by atoms with Gasteiger partial charge in [-0.25, -0.2) is 0 Å². The van der Waals surface area contributed by atoms with E-state index in [2.05, 4.69) is 6.08 Å². The summed E-state index contributed by atoms with van der Waals surface area (Å²) in [6.07, 6.45) is 5.91. The van der Waals surface area contributed by atoms with Crippen LogP contribution in [0.25, 0.3) is 0 Å². The van der Waals surface area contributed by atoms with E-state index in [9.17, 15) is 4.79 Å². The van der Waals surface area contributed by atoms with Gasteiger partial charge in [0.2, 0.25) is 0 Å². The average Bonchev–Trinajstić information content (AvgIpc) is 1.92. The van der Waals surface area contributed by atoms with Gasteiger partial charge in [0.25, 0.3) is 0 Å². The Hall–Kier alpha value is 0.254. The van der Waals surface area contributed by atoms with E-state index >= 15 is 0 Å². The average molecular weight is 227 g/mol. The molecule has 2 heteroatoms. The van der Waals surface area contributed by atoms with Crippen molar-refractivity contribution in [1.82, 2.24) is 0 Å². The molecule has 0 heterocycles. The number of rotatable bonds is 3. The maximum atomic E-state index is 10.2. The van der Waals surface area contributed by atoms with Crippen LogP contribution >= 0.6 is 0 Å². The van der Waals surface area contributed by atoms with Gasteiger partial charge in [0.05, 0.1) is 0 Å². The molecule has 0 aliphatic carbocycles. The summed E-state index contributed by atoms with van der Waals surface area (Å²) in [6.45, 7) is 10.5. The van der Waals surface area contributed by atoms with Crippen molar-refractivity contribution in [2.24, 2.45) is 0 Å². The van der Waals surface area contributed by atoms with Gasteiger partial charge in [-0.1, -0.05) is 20.3 Å². The zero-order chi connectivity index (χ0) is 8.41. The van der Waals surface area contributed by atoms with E-state index in [1.807, 2.05) is 13.8 Å². The largest absolute Gasteiger partial charge is 0.394 e. The first-order valence-corrected chi connectivity index (χ1v) is 3.37. The minimum Gasteiger partial charge on any atom is -0.394 e. The van der Waals surface area contributed by atoms with Crippen molar-refractivity contribution >= 4 is 5.78 Å². The van der Waals surface area contributed by atoms with Gasteiger partial charge < -0.3 is 29.6 Å². The van der Waals surface area contributed by atoms with Gasteiger partial charge in [0.15, 0.2) is 0 Å². The van der Waals surface area contributed by atoms with Crippen LogP contribution in [0.3, 0.4) is 0 Å². The van der Waals surface area contributed by atoms with Gasteiger partial charge >= 0.3 is 0 Å². The third-order valence-electron chi connectivity index (χ3n) is 0.565. The van der Waals surface area contributed by atoms with E-state index in [4.69, 9.17) is 6.58 Å². The van der Waals surface area contributed by atoms with Crippen LogP contribution in [0.2, 0.25) is 0 Å². The van der Waals surface area contributed by atoms with Gasteiger partial charge in [-0.15, -0.1) is 0 Å². The Balaban J connectivity index is -0.000000196. The molecule has 0 spiro atoms. The third kappa shape index (κ3) is 25.3. The molecular formula is C9H14OY-2. The molecule has 0 aromatic rings. The molecule has 0 aromatic carbocycles. The fourth-order valence-electron chi connectivity index (χ4n) is 0.271. The van der Waals surface area contributed by atoms with Crippen LogP contribution in [0.15, 0.2) is 12.2 Å². The van der Waals surface area contributed by atoms with Crippen molar-refractivity contribution in [1.29, 1.82) is 0 Å². The predicted octanol–water partition coefficient (Wildman–Crippen LogP) is 2.34. The van der Waals surface area contributed by atoms with Gasteiger partial charge in [-0.2, -0.15) is 0 Å². The topological polar surface area (TPSA) is 17.1 Å². The quantitative estimate of drug-likeness (QED) is 0.534. The Morgan fingerprint density at radius 3 is 2.27 bits per heavy atom. The Kier molecular flexibility index (Phi) is 26.3. The van der Waals surface area contributed by atoms with E-state index in [1.54, 1.807) is 0 Å². The zero-order valence-electron chi connectivity index (χ0n) is 7.42. The minimum atomic E-state index is 0. The summed E-state index contributed by atoms with van der Waals surface area (Å²) in [6, 6.07) is 0. The van der Waals surface area contributed by atoms with Gasteiger partial charge in [-0.05, 0) is 6.92 Å². The maximum Gasteiger partial charge on any atom is 0.114 e. The third-order valence-corrected chi connectivity index (χ3v) is 0.565. The summed E-state index contributed by atoms with van der Waals surface area (Å²) in [7, 11) is 0. The number of Topliss-reactive ketones (excluding diaryl/α,β-unsaturated/α-hetero) is 1. The van der Waals surface area contributed by atoms with Crippen LogP contribution in [-0.2, 0) is 37.5 Å². The Labute approximate surface area is 94.8 Å². The van der Waals surface area contributed by atoms with Crippen LogP contribution in [0, 0.1) is 12.7 Å². The standard InChI is InChI=1S/C7H8O.C2H6.Y/c1-3-4-5-6-7(2)8;1-2;/h1,3-4H,6H2,2H3;1-2H3;/q-2;;. The van der Waals surface area contributed by atoms with Crippen LogP contribution < -0.4 is 0 Å². The molecule has 0 aromatic heterocycles. The van der Waals surface area contributed by atoms with Crippen molar-refractivity contribution in [2.75, 3.05) is 0 Å². The fourth-order valence-corrected chi connectivity index (χ4v) is 0.271. The molecule has 0 bridgehead atoms. The molecule has 0 saturated heterocycles. The van der Waals surface area contributed by atoms with Gasteiger partial charge in [0, 0.05) is 32.7 Å². The second kappa shape index (κ2) is 16.7. The number of carbonyl (C=O) groups is 1. The molecule has 11 heavy (non-hydrogen) atoms. The summed E-state index contributed by atoms with van der Waals surface area (Å²) in [5, 5.41) is 0. The SMILES string of the molecule is CC.[CH-]=CC=[C-]CC(C)=O.[Y]. The van der Waals surface area contributed by atoms with Crippen molar-refractivity contribution in [3.8, 4) is 0 Å². The summed E-state index contributed by atoms with van der Waals surface area (Å²) in [5.74, 6) is 0.100. The first-order chi connectivity index (χ1) is 4.77. The van der Waals surface area contributed by atoms with Crippen LogP contribution in [0.5, 0.6) is 0 Å². The van der Waals surface area contributed by atoms with Crippen molar-refractivity contribution in [3.63, 3.8) is 0 Å². The molecule has 0 fully saturated rings. The van der Waals surface area contributed by atoms with Crippen LogP contribution in [0.1, 0.15) is 27.2 Å². The first kappa shape index (κ1) is 17.4. The zero-order valence-corrected chi connectivity index (χ0v) is 10.3. The molecule has 0 unspecified atom stereocenters. The van der Waals surface area contributed by atoms with Crippen LogP contribution in [0.4, 0.5) is 0 Å². The van der Waals surface area contributed by atoms with E-state index < -0.39 is 0 Å². The van der Waals surface area contributed by atoms with Crippen molar-refractivity contribution in [3.05, 3.63) is 24.8 Å². The molecule has 0 saturated carbocycles. The normalized spacial score (nSPS) is 7.55. The Bertz CT molecular complexity index is 117. The second-order valence-electron chi connectivity index (χ2n) is 1.44. The molecule has 1 radical (unpaired) electrons. The van der Waals surface area contributed by atoms with E-state index in [0.29, 0.717) is 6.42 Å². The van der Waals surface area contributed by atoms with Gasteiger partial charge in [-0.3, -0.25) is 0 Å². The second-order valence-corrected chi connectivity index (χ2v) is 1.44. The minimum absolute atomic E-state index is 0. The molecule has 1 nitrogen and oxygen atoms in total.